The van der Waals surface area contributed by atoms with Crippen molar-refractivity contribution in [2.75, 3.05) is 13.2 Å². The second kappa shape index (κ2) is 8.36. The first kappa shape index (κ1) is 15.4. The fraction of sp³-hybridized carbons (Fsp3) is 0.312. The van der Waals surface area contributed by atoms with E-state index in [4.69, 9.17) is 15.2 Å². The number of benzene rings is 1. The molecule has 1 unspecified atom stereocenters. The Morgan fingerprint density at radius 1 is 1.10 bits per heavy atom. The average Bonchev–Trinajstić information content (AvgIpc) is 2.54. The first-order valence-electron chi connectivity index (χ1n) is 6.85. The molecule has 112 valence electrons. The Morgan fingerprint density at radius 2 is 1.90 bits per heavy atom. The van der Waals surface area contributed by atoms with Crippen molar-refractivity contribution in [3.8, 4) is 5.75 Å². The molecule has 0 spiro atoms. The summed E-state index contributed by atoms with van der Waals surface area (Å²) in [4.78, 5) is 4.11. The lowest BCUT2D eigenvalue weighted by Crippen LogP contribution is -2.23. The van der Waals surface area contributed by atoms with Gasteiger partial charge in [-0.3, -0.25) is 4.98 Å². The van der Waals surface area contributed by atoms with Crippen LogP contribution in [0.2, 0.25) is 0 Å². The second-order valence-electron chi connectivity index (χ2n) is 4.65. The maximum Gasteiger partial charge on any atom is 0.137 e. The van der Waals surface area contributed by atoms with Gasteiger partial charge < -0.3 is 20.3 Å². The zero-order chi connectivity index (χ0) is 14.9. The summed E-state index contributed by atoms with van der Waals surface area (Å²) >= 11 is 0. The molecule has 3 N–H and O–H groups in total. The number of hydrogen-bond acceptors (Lipinski definition) is 5. The molecular weight excluding hydrogens is 268 g/mol. The van der Waals surface area contributed by atoms with E-state index in [9.17, 15) is 5.11 Å². The van der Waals surface area contributed by atoms with Gasteiger partial charge in [-0.2, -0.15) is 0 Å². The Kier molecular flexibility index (Phi) is 6.15. The number of nitrogens with zero attached hydrogens (tertiary/aromatic N) is 1. The summed E-state index contributed by atoms with van der Waals surface area (Å²) in [5.74, 6) is 0.606. The van der Waals surface area contributed by atoms with E-state index in [0.717, 1.165) is 11.3 Å². The van der Waals surface area contributed by atoms with E-state index in [1.165, 1.54) is 0 Å². The molecule has 0 saturated carbocycles. The third-order valence-corrected chi connectivity index (χ3v) is 2.87. The van der Waals surface area contributed by atoms with Crippen LogP contribution in [0.4, 0.5) is 0 Å². The number of nitrogens with two attached hydrogens (primary N) is 1. The molecule has 21 heavy (non-hydrogen) atoms. The first-order valence-corrected chi connectivity index (χ1v) is 6.85. The predicted octanol–water partition coefficient (Wildman–Crippen LogP) is 1.50. The zero-order valence-corrected chi connectivity index (χ0v) is 11.8. The standard InChI is InChI=1S/C16H20N2O3/c17-8-14-6-7-16(9-18-14)21-12-15(19)11-20-10-13-4-2-1-3-5-13/h1-7,9,15,19H,8,10-12,17H2. The van der Waals surface area contributed by atoms with Gasteiger partial charge >= 0.3 is 0 Å². The molecule has 0 bridgehead atoms. The number of rotatable bonds is 8. The summed E-state index contributed by atoms with van der Waals surface area (Å²) in [5, 5.41) is 9.80. The van der Waals surface area contributed by atoms with Gasteiger partial charge in [-0.05, 0) is 17.7 Å². The average molecular weight is 288 g/mol. The van der Waals surface area contributed by atoms with E-state index in [-0.39, 0.29) is 13.2 Å². The van der Waals surface area contributed by atoms with Crippen LogP contribution in [-0.4, -0.2) is 29.4 Å². The summed E-state index contributed by atoms with van der Waals surface area (Å²) in [6.07, 6.45) is 0.919. The molecule has 0 aliphatic carbocycles. The van der Waals surface area contributed by atoms with Gasteiger partial charge in [0.2, 0.25) is 0 Å². The van der Waals surface area contributed by atoms with Gasteiger partial charge in [-0.25, -0.2) is 0 Å². The van der Waals surface area contributed by atoms with Crippen molar-refractivity contribution >= 4 is 0 Å². The smallest absolute Gasteiger partial charge is 0.137 e. The molecular formula is C16H20N2O3. The number of aliphatic hydroxyl groups excluding tert-OH is 1. The molecule has 2 aromatic rings. The van der Waals surface area contributed by atoms with Crippen LogP contribution in [0.15, 0.2) is 48.7 Å². The molecule has 1 heterocycles. The van der Waals surface area contributed by atoms with Crippen LogP contribution in [0.5, 0.6) is 5.75 Å². The summed E-state index contributed by atoms with van der Waals surface area (Å²) in [7, 11) is 0. The van der Waals surface area contributed by atoms with Gasteiger partial charge in [0.25, 0.3) is 0 Å². The third-order valence-electron chi connectivity index (χ3n) is 2.87. The monoisotopic (exact) mass is 288 g/mol. The molecule has 1 aromatic heterocycles. The molecule has 1 atom stereocenters. The minimum absolute atomic E-state index is 0.165. The molecule has 1 aromatic carbocycles. The van der Waals surface area contributed by atoms with Crippen molar-refractivity contribution in [1.29, 1.82) is 0 Å². The maximum absolute atomic E-state index is 9.80. The van der Waals surface area contributed by atoms with Crippen LogP contribution in [0.1, 0.15) is 11.3 Å². The minimum Gasteiger partial charge on any atom is -0.489 e. The van der Waals surface area contributed by atoms with Crippen molar-refractivity contribution in [1.82, 2.24) is 4.98 Å². The number of aliphatic hydroxyl groups is 1. The predicted molar refractivity (Wildman–Crippen MR) is 79.7 cm³/mol. The van der Waals surface area contributed by atoms with E-state index in [1.807, 2.05) is 30.3 Å². The Bertz CT molecular complexity index is 517. The van der Waals surface area contributed by atoms with Crippen molar-refractivity contribution < 1.29 is 14.6 Å². The summed E-state index contributed by atoms with van der Waals surface area (Å²) in [5.41, 5.74) is 7.34. The lowest BCUT2D eigenvalue weighted by atomic mass is 10.2. The van der Waals surface area contributed by atoms with Crippen LogP contribution < -0.4 is 10.5 Å². The summed E-state index contributed by atoms with van der Waals surface area (Å²) in [6, 6.07) is 13.4. The van der Waals surface area contributed by atoms with Gasteiger partial charge in [0.15, 0.2) is 0 Å². The highest BCUT2D eigenvalue weighted by molar-refractivity contribution is 5.19. The molecule has 0 amide bonds. The Balaban J connectivity index is 1.66. The second-order valence-corrected chi connectivity index (χ2v) is 4.65. The summed E-state index contributed by atoms with van der Waals surface area (Å²) in [6.45, 7) is 1.27. The number of aromatic nitrogens is 1. The van der Waals surface area contributed by atoms with Gasteiger partial charge in [-0.15, -0.1) is 0 Å². The molecule has 0 saturated heterocycles. The third kappa shape index (κ3) is 5.51. The van der Waals surface area contributed by atoms with Crippen LogP contribution >= 0.6 is 0 Å². The molecule has 5 nitrogen and oxygen atoms in total. The highest BCUT2D eigenvalue weighted by Gasteiger charge is 2.06. The lowest BCUT2D eigenvalue weighted by Gasteiger charge is -2.13. The van der Waals surface area contributed by atoms with Crippen LogP contribution in [0, 0.1) is 0 Å². The van der Waals surface area contributed by atoms with Crippen molar-refractivity contribution in [3.05, 3.63) is 59.9 Å². The normalized spacial score (nSPS) is 12.1. The quantitative estimate of drug-likeness (QED) is 0.769. The van der Waals surface area contributed by atoms with Gasteiger partial charge in [-0.1, -0.05) is 30.3 Å². The van der Waals surface area contributed by atoms with Gasteiger partial charge in [0.1, 0.15) is 18.5 Å². The molecule has 0 radical (unpaired) electrons. The van der Waals surface area contributed by atoms with Crippen LogP contribution in [-0.2, 0) is 17.9 Å². The first-order chi connectivity index (χ1) is 10.3. The van der Waals surface area contributed by atoms with E-state index in [0.29, 0.717) is 18.9 Å². The Hall–Kier alpha value is -1.95. The molecule has 0 aliphatic rings. The van der Waals surface area contributed by atoms with Crippen LogP contribution in [0.25, 0.3) is 0 Å². The van der Waals surface area contributed by atoms with E-state index in [2.05, 4.69) is 4.98 Å². The van der Waals surface area contributed by atoms with Gasteiger partial charge in [0, 0.05) is 6.54 Å². The number of pyridine rings is 1. The Labute approximate surface area is 124 Å². The van der Waals surface area contributed by atoms with Gasteiger partial charge in [0.05, 0.1) is 25.1 Å². The number of hydrogen-bond donors (Lipinski definition) is 2. The highest BCUT2D eigenvalue weighted by Crippen LogP contribution is 2.09. The summed E-state index contributed by atoms with van der Waals surface area (Å²) < 4.78 is 10.9. The van der Waals surface area contributed by atoms with Crippen LogP contribution in [0.3, 0.4) is 0 Å². The van der Waals surface area contributed by atoms with E-state index >= 15 is 0 Å². The molecule has 0 fully saturated rings. The fourth-order valence-electron chi connectivity index (χ4n) is 1.74. The zero-order valence-electron chi connectivity index (χ0n) is 11.8. The number of ether oxygens (including phenoxy) is 2. The minimum atomic E-state index is -0.678. The maximum atomic E-state index is 9.80. The molecule has 0 aliphatic heterocycles. The fourth-order valence-corrected chi connectivity index (χ4v) is 1.74. The largest absolute Gasteiger partial charge is 0.489 e. The van der Waals surface area contributed by atoms with Crippen molar-refractivity contribution in [2.45, 2.75) is 19.3 Å². The highest BCUT2D eigenvalue weighted by atomic mass is 16.5. The van der Waals surface area contributed by atoms with Crippen molar-refractivity contribution in [3.63, 3.8) is 0 Å². The van der Waals surface area contributed by atoms with E-state index in [1.54, 1.807) is 18.3 Å². The SMILES string of the molecule is NCc1ccc(OCC(O)COCc2ccccc2)cn1. The van der Waals surface area contributed by atoms with E-state index < -0.39 is 6.10 Å². The molecule has 5 heteroatoms. The Morgan fingerprint density at radius 3 is 2.57 bits per heavy atom. The molecule has 2 rings (SSSR count). The topological polar surface area (TPSA) is 77.6 Å². The lowest BCUT2D eigenvalue weighted by molar-refractivity contribution is 0.00542. The van der Waals surface area contributed by atoms with Crippen molar-refractivity contribution in [2.24, 2.45) is 5.73 Å².